The zero-order valence-electron chi connectivity index (χ0n) is 9.63. The predicted octanol–water partition coefficient (Wildman–Crippen LogP) is 2.70. The molecule has 0 spiro atoms. The zero-order chi connectivity index (χ0) is 11.2. The third-order valence-corrected chi connectivity index (χ3v) is 3.93. The largest absolute Gasteiger partial charge is 0.208 e. The topological polar surface area (TPSA) is 3.88 Å². The molecule has 1 nitrogen and oxygen atoms in total. The molecule has 1 atom stereocenters. The molecule has 0 saturated heterocycles. The van der Waals surface area contributed by atoms with Crippen LogP contribution in [0.4, 0.5) is 0 Å². The number of hydrogen-bond acceptors (Lipinski definition) is 0. The maximum Gasteiger partial charge on any atom is 0.208 e. The van der Waals surface area contributed by atoms with Crippen LogP contribution in [0, 0.1) is 5.92 Å². The van der Waals surface area contributed by atoms with Gasteiger partial charge in [0.1, 0.15) is 0 Å². The summed E-state index contributed by atoms with van der Waals surface area (Å²) < 4.78 is 2.38. The summed E-state index contributed by atoms with van der Waals surface area (Å²) in [4.78, 5) is 0. The molecule has 1 aliphatic carbocycles. The molecule has 1 aromatic carbocycles. The molecule has 2 heterocycles. The maximum absolute atomic E-state index is 2.38. The van der Waals surface area contributed by atoms with Crippen LogP contribution in [-0.2, 0) is 13.0 Å². The number of pyridine rings is 1. The SMILES string of the molecule is C1=C2c3cccc[n+]3CC2Cc2ccccc21. The lowest BCUT2D eigenvalue weighted by Gasteiger charge is -2.16. The van der Waals surface area contributed by atoms with Crippen LogP contribution in [0.2, 0.25) is 0 Å². The smallest absolute Gasteiger partial charge is 0.198 e. The molecule has 0 fully saturated rings. The molecule has 4 rings (SSSR count). The lowest BCUT2D eigenvalue weighted by Crippen LogP contribution is -2.33. The standard InChI is InChI=1S/C16H14N/c1-2-6-13-10-15-14(9-12(13)5-1)11-17-8-4-3-7-16(15)17/h1-8,10,14H,9,11H2/q+1. The van der Waals surface area contributed by atoms with Crippen LogP contribution in [0.3, 0.4) is 0 Å². The number of rotatable bonds is 0. The van der Waals surface area contributed by atoms with E-state index in [4.69, 9.17) is 0 Å². The minimum absolute atomic E-state index is 0.673. The number of benzene rings is 1. The lowest BCUT2D eigenvalue weighted by molar-refractivity contribution is -0.693. The normalized spacial score (nSPS) is 20.2. The second-order valence-electron chi connectivity index (χ2n) is 4.94. The molecule has 17 heavy (non-hydrogen) atoms. The summed E-state index contributed by atoms with van der Waals surface area (Å²) in [5.74, 6) is 0.673. The molecule has 0 bridgehead atoms. The monoisotopic (exact) mass is 220 g/mol. The molecule has 2 aliphatic rings. The van der Waals surface area contributed by atoms with Crippen molar-refractivity contribution in [2.24, 2.45) is 5.92 Å². The molecule has 1 heteroatoms. The fraction of sp³-hybridized carbons (Fsp3) is 0.188. The fourth-order valence-corrected chi connectivity index (χ4v) is 3.10. The molecule has 0 N–H and O–H groups in total. The Morgan fingerprint density at radius 1 is 1.00 bits per heavy atom. The molecule has 1 aromatic heterocycles. The summed E-state index contributed by atoms with van der Waals surface area (Å²) in [7, 11) is 0. The highest BCUT2D eigenvalue weighted by Gasteiger charge is 2.36. The highest BCUT2D eigenvalue weighted by atomic mass is 15.0. The summed E-state index contributed by atoms with van der Waals surface area (Å²) in [5.41, 5.74) is 5.81. The molecule has 0 radical (unpaired) electrons. The third kappa shape index (κ3) is 1.29. The van der Waals surface area contributed by atoms with Gasteiger partial charge < -0.3 is 0 Å². The average molecular weight is 220 g/mol. The summed E-state index contributed by atoms with van der Waals surface area (Å²) >= 11 is 0. The van der Waals surface area contributed by atoms with Gasteiger partial charge in [0.05, 0.1) is 5.92 Å². The Balaban J connectivity index is 1.91. The Hall–Kier alpha value is -1.89. The van der Waals surface area contributed by atoms with E-state index in [1.54, 1.807) is 0 Å². The van der Waals surface area contributed by atoms with E-state index in [0.717, 1.165) is 6.54 Å². The van der Waals surface area contributed by atoms with Gasteiger partial charge in [0.2, 0.25) is 5.69 Å². The van der Waals surface area contributed by atoms with Gasteiger partial charge in [-0.05, 0) is 29.7 Å². The Bertz CT molecular complexity index is 619. The van der Waals surface area contributed by atoms with Gasteiger partial charge in [-0.1, -0.05) is 24.3 Å². The van der Waals surface area contributed by atoms with Gasteiger partial charge in [0.15, 0.2) is 12.7 Å². The van der Waals surface area contributed by atoms with Gasteiger partial charge in [-0.15, -0.1) is 0 Å². The van der Waals surface area contributed by atoms with Crippen LogP contribution >= 0.6 is 0 Å². The van der Waals surface area contributed by atoms with Crippen LogP contribution in [0.25, 0.3) is 11.6 Å². The predicted molar refractivity (Wildman–Crippen MR) is 68.1 cm³/mol. The van der Waals surface area contributed by atoms with E-state index in [9.17, 15) is 0 Å². The average Bonchev–Trinajstić information content (AvgIpc) is 2.73. The molecule has 1 unspecified atom stereocenters. The van der Waals surface area contributed by atoms with E-state index in [-0.39, 0.29) is 0 Å². The molecule has 0 saturated carbocycles. The van der Waals surface area contributed by atoms with Gasteiger partial charge in [0, 0.05) is 17.7 Å². The molecule has 82 valence electrons. The first-order valence-corrected chi connectivity index (χ1v) is 6.20. The van der Waals surface area contributed by atoms with Crippen LogP contribution in [0.5, 0.6) is 0 Å². The first-order chi connectivity index (χ1) is 8.42. The van der Waals surface area contributed by atoms with Crippen molar-refractivity contribution in [3.8, 4) is 0 Å². The van der Waals surface area contributed by atoms with E-state index in [1.165, 1.54) is 28.8 Å². The number of hydrogen-bond donors (Lipinski definition) is 0. The van der Waals surface area contributed by atoms with Crippen molar-refractivity contribution in [3.05, 3.63) is 65.5 Å². The highest BCUT2D eigenvalue weighted by molar-refractivity contribution is 5.84. The van der Waals surface area contributed by atoms with E-state index in [2.05, 4.69) is 59.3 Å². The van der Waals surface area contributed by atoms with Gasteiger partial charge >= 0.3 is 0 Å². The quantitative estimate of drug-likeness (QED) is 0.601. The van der Waals surface area contributed by atoms with Crippen molar-refractivity contribution in [2.45, 2.75) is 13.0 Å². The number of aromatic nitrogens is 1. The van der Waals surface area contributed by atoms with Crippen molar-refractivity contribution in [1.29, 1.82) is 0 Å². The minimum atomic E-state index is 0.673. The van der Waals surface area contributed by atoms with E-state index in [1.807, 2.05) is 0 Å². The van der Waals surface area contributed by atoms with Crippen LogP contribution in [-0.4, -0.2) is 0 Å². The van der Waals surface area contributed by atoms with Crippen LogP contribution in [0.1, 0.15) is 16.8 Å². The zero-order valence-corrected chi connectivity index (χ0v) is 9.63. The second kappa shape index (κ2) is 3.30. The van der Waals surface area contributed by atoms with Gasteiger partial charge in [-0.3, -0.25) is 0 Å². The van der Waals surface area contributed by atoms with Crippen molar-refractivity contribution in [2.75, 3.05) is 0 Å². The summed E-state index contributed by atoms with van der Waals surface area (Å²) in [6, 6.07) is 15.3. The van der Waals surface area contributed by atoms with E-state index < -0.39 is 0 Å². The van der Waals surface area contributed by atoms with Gasteiger partial charge in [-0.2, -0.15) is 4.57 Å². The Labute approximate surface area is 101 Å². The number of fused-ring (bicyclic) bond motifs is 4. The summed E-state index contributed by atoms with van der Waals surface area (Å²) in [6.45, 7) is 1.14. The lowest BCUT2D eigenvalue weighted by atomic mass is 9.84. The molecule has 0 amide bonds. The van der Waals surface area contributed by atoms with E-state index >= 15 is 0 Å². The van der Waals surface area contributed by atoms with Crippen LogP contribution in [0.15, 0.2) is 48.7 Å². The third-order valence-electron chi connectivity index (χ3n) is 3.93. The first-order valence-electron chi connectivity index (χ1n) is 6.20. The maximum atomic E-state index is 2.38. The fourth-order valence-electron chi connectivity index (χ4n) is 3.10. The molecule has 2 aromatic rings. The number of nitrogens with zero attached hydrogens (tertiary/aromatic N) is 1. The Morgan fingerprint density at radius 2 is 1.88 bits per heavy atom. The van der Waals surface area contributed by atoms with Crippen molar-refractivity contribution < 1.29 is 4.57 Å². The highest BCUT2D eigenvalue weighted by Crippen LogP contribution is 2.36. The van der Waals surface area contributed by atoms with Crippen LogP contribution < -0.4 is 4.57 Å². The minimum Gasteiger partial charge on any atom is -0.198 e. The van der Waals surface area contributed by atoms with Crippen molar-refractivity contribution >= 4 is 11.6 Å². The second-order valence-corrected chi connectivity index (χ2v) is 4.94. The molecule has 1 aliphatic heterocycles. The van der Waals surface area contributed by atoms with Gasteiger partial charge in [0.25, 0.3) is 0 Å². The molecular formula is C16H14N+. The van der Waals surface area contributed by atoms with Crippen molar-refractivity contribution in [1.82, 2.24) is 0 Å². The Morgan fingerprint density at radius 3 is 2.88 bits per heavy atom. The number of allylic oxidation sites excluding steroid dienone is 1. The first kappa shape index (κ1) is 9.17. The van der Waals surface area contributed by atoms with Crippen molar-refractivity contribution in [3.63, 3.8) is 0 Å². The van der Waals surface area contributed by atoms with E-state index in [0.29, 0.717) is 5.92 Å². The summed E-state index contributed by atoms with van der Waals surface area (Å²) in [5, 5.41) is 0. The molecular weight excluding hydrogens is 206 g/mol. The Kier molecular flexibility index (Phi) is 1.78. The van der Waals surface area contributed by atoms with Gasteiger partial charge in [-0.25, -0.2) is 0 Å². The summed E-state index contributed by atoms with van der Waals surface area (Å²) in [6.07, 6.45) is 5.76.